The van der Waals surface area contributed by atoms with Crippen LogP contribution >= 0.6 is 11.6 Å². The second-order valence-corrected chi connectivity index (χ2v) is 4.36. The molecule has 94 valence electrons. The van der Waals surface area contributed by atoms with Crippen LogP contribution in [0.2, 0.25) is 5.02 Å². The summed E-state index contributed by atoms with van der Waals surface area (Å²) in [7, 11) is 0. The Morgan fingerprint density at radius 1 is 1.50 bits per heavy atom. The highest BCUT2D eigenvalue weighted by Gasteiger charge is 2.05. The summed E-state index contributed by atoms with van der Waals surface area (Å²) < 4.78 is 1.62. The second kappa shape index (κ2) is 5.64. The number of carbonyl (C=O) groups is 1. The first-order valence-electron chi connectivity index (χ1n) is 5.55. The van der Waals surface area contributed by atoms with Gasteiger partial charge in [-0.3, -0.25) is 9.48 Å². The minimum Gasteiger partial charge on any atom is -0.326 e. The van der Waals surface area contributed by atoms with Crippen LogP contribution in [0.1, 0.15) is 12.0 Å². The summed E-state index contributed by atoms with van der Waals surface area (Å²) in [5.74, 6) is -0.0593. The van der Waals surface area contributed by atoms with Crippen LogP contribution < -0.4 is 5.32 Å². The number of hydrogen-bond donors (Lipinski definition) is 1. The van der Waals surface area contributed by atoms with E-state index in [1.807, 2.05) is 13.0 Å². The van der Waals surface area contributed by atoms with Crippen molar-refractivity contribution in [2.24, 2.45) is 0 Å². The van der Waals surface area contributed by atoms with Gasteiger partial charge in [-0.15, -0.1) is 5.10 Å². The van der Waals surface area contributed by atoms with Gasteiger partial charge in [-0.2, -0.15) is 0 Å². The van der Waals surface area contributed by atoms with E-state index in [1.165, 1.54) is 0 Å². The van der Waals surface area contributed by atoms with E-state index in [9.17, 15) is 4.79 Å². The number of rotatable bonds is 4. The summed E-state index contributed by atoms with van der Waals surface area (Å²) in [6.45, 7) is 2.41. The van der Waals surface area contributed by atoms with Crippen LogP contribution in [0.3, 0.4) is 0 Å². The lowest BCUT2D eigenvalue weighted by Gasteiger charge is -2.08. The van der Waals surface area contributed by atoms with E-state index >= 15 is 0 Å². The monoisotopic (exact) mass is 264 g/mol. The molecule has 0 aliphatic rings. The van der Waals surface area contributed by atoms with E-state index in [0.717, 1.165) is 11.3 Å². The molecule has 2 rings (SSSR count). The minimum atomic E-state index is -0.0593. The lowest BCUT2D eigenvalue weighted by Crippen LogP contribution is -2.15. The van der Waals surface area contributed by atoms with Crippen molar-refractivity contribution < 1.29 is 4.79 Å². The van der Waals surface area contributed by atoms with Crippen LogP contribution in [0.5, 0.6) is 0 Å². The van der Waals surface area contributed by atoms with Crippen molar-refractivity contribution in [3.8, 4) is 0 Å². The van der Waals surface area contributed by atoms with Gasteiger partial charge in [0, 0.05) is 23.3 Å². The van der Waals surface area contributed by atoms with E-state index in [-0.39, 0.29) is 5.91 Å². The first-order chi connectivity index (χ1) is 8.65. The van der Waals surface area contributed by atoms with Gasteiger partial charge in [0.05, 0.1) is 12.7 Å². The Morgan fingerprint density at radius 2 is 2.33 bits per heavy atom. The summed E-state index contributed by atoms with van der Waals surface area (Å²) in [6.07, 6.45) is 3.66. The predicted octanol–water partition coefficient (Wildman–Crippen LogP) is 2.27. The molecule has 0 saturated carbocycles. The molecule has 0 saturated heterocycles. The molecule has 2 aromatic rings. The summed E-state index contributed by atoms with van der Waals surface area (Å²) in [5, 5.41) is 11.0. The van der Waals surface area contributed by atoms with Gasteiger partial charge in [0.15, 0.2) is 0 Å². The third-order valence-corrected chi connectivity index (χ3v) is 2.74. The molecule has 0 aliphatic carbocycles. The van der Waals surface area contributed by atoms with Crippen LogP contribution in [-0.2, 0) is 11.3 Å². The Bertz CT molecular complexity index is 539. The average Bonchev–Trinajstić information content (AvgIpc) is 2.83. The molecule has 0 fully saturated rings. The van der Waals surface area contributed by atoms with Gasteiger partial charge in [-0.25, -0.2) is 0 Å². The van der Waals surface area contributed by atoms with Crippen molar-refractivity contribution in [3.63, 3.8) is 0 Å². The van der Waals surface area contributed by atoms with Crippen LogP contribution in [0.15, 0.2) is 30.6 Å². The van der Waals surface area contributed by atoms with Crippen molar-refractivity contribution >= 4 is 23.2 Å². The number of nitrogens with one attached hydrogen (secondary N) is 1. The number of amides is 1. The fourth-order valence-corrected chi connectivity index (χ4v) is 1.77. The van der Waals surface area contributed by atoms with Gasteiger partial charge in [-0.05, 0) is 30.7 Å². The van der Waals surface area contributed by atoms with Crippen LogP contribution in [0.25, 0.3) is 0 Å². The molecular weight excluding hydrogens is 252 g/mol. The predicted molar refractivity (Wildman–Crippen MR) is 69.5 cm³/mol. The molecule has 1 heterocycles. The molecule has 1 amide bonds. The molecule has 0 radical (unpaired) electrons. The fourth-order valence-electron chi connectivity index (χ4n) is 1.55. The maximum atomic E-state index is 11.7. The first-order valence-corrected chi connectivity index (χ1v) is 5.93. The Balaban J connectivity index is 1.91. The number of anilines is 1. The molecule has 1 aromatic carbocycles. The number of aryl methyl sites for hydroxylation is 2. The summed E-state index contributed by atoms with van der Waals surface area (Å²) >= 11 is 5.85. The molecule has 1 N–H and O–H groups in total. The number of hydrogen-bond acceptors (Lipinski definition) is 3. The molecule has 0 atom stereocenters. The molecule has 5 nitrogen and oxygen atoms in total. The Kier molecular flexibility index (Phi) is 3.94. The Hall–Kier alpha value is -1.88. The quantitative estimate of drug-likeness (QED) is 0.922. The number of carbonyl (C=O) groups excluding carboxylic acids is 1. The van der Waals surface area contributed by atoms with E-state index in [1.54, 1.807) is 29.2 Å². The van der Waals surface area contributed by atoms with Gasteiger partial charge >= 0.3 is 0 Å². The van der Waals surface area contributed by atoms with Gasteiger partial charge in [0.2, 0.25) is 5.91 Å². The largest absolute Gasteiger partial charge is 0.326 e. The summed E-state index contributed by atoms with van der Waals surface area (Å²) in [6, 6.07) is 5.36. The third kappa shape index (κ3) is 3.30. The number of halogens is 1. The highest BCUT2D eigenvalue weighted by Crippen LogP contribution is 2.19. The maximum absolute atomic E-state index is 11.7. The lowest BCUT2D eigenvalue weighted by molar-refractivity contribution is -0.116. The van der Waals surface area contributed by atoms with Gasteiger partial charge in [0.25, 0.3) is 0 Å². The topological polar surface area (TPSA) is 59.8 Å². The number of nitrogens with zero attached hydrogens (tertiary/aromatic N) is 3. The summed E-state index contributed by atoms with van der Waals surface area (Å²) in [4.78, 5) is 11.7. The highest BCUT2D eigenvalue weighted by atomic mass is 35.5. The molecule has 18 heavy (non-hydrogen) atoms. The van der Waals surface area contributed by atoms with E-state index in [2.05, 4.69) is 15.6 Å². The SMILES string of the molecule is Cc1cc(Cl)ccc1NC(=O)CCn1ccnn1. The van der Waals surface area contributed by atoms with E-state index in [0.29, 0.717) is 18.0 Å². The molecule has 0 bridgehead atoms. The van der Waals surface area contributed by atoms with Gasteiger partial charge < -0.3 is 5.32 Å². The third-order valence-electron chi connectivity index (χ3n) is 2.50. The minimum absolute atomic E-state index is 0.0593. The second-order valence-electron chi connectivity index (χ2n) is 3.92. The maximum Gasteiger partial charge on any atom is 0.226 e. The van der Waals surface area contributed by atoms with Crippen molar-refractivity contribution in [3.05, 3.63) is 41.2 Å². The highest BCUT2D eigenvalue weighted by molar-refractivity contribution is 6.30. The van der Waals surface area contributed by atoms with Gasteiger partial charge in [0.1, 0.15) is 0 Å². The molecule has 0 aliphatic heterocycles. The zero-order valence-electron chi connectivity index (χ0n) is 9.93. The van der Waals surface area contributed by atoms with Crippen molar-refractivity contribution in [2.45, 2.75) is 19.9 Å². The lowest BCUT2D eigenvalue weighted by atomic mass is 10.2. The van der Waals surface area contributed by atoms with Crippen LogP contribution in [-0.4, -0.2) is 20.9 Å². The number of aromatic nitrogens is 3. The van der Waals surface area contributed by atoms with Crippen LogP contribution in [0, 0.1) is 6.92 Å². The standard InChI is InChI=1S/C12H13ClN4O/c1-9-8-10(13)2-3-11(9)15-12(18)4-6-17-7-5-14-16-17/h2-3,5,7-8H,4,6H2,1H3,(H,15,18). The van der Waals surface area contributed by atoms with Crippen molar-refractivity contribution in [2.75, 3.05) is 5.32 Å². The molecule has 0 spiro atoms. The average molecular weight is 265 g/mol. The normalized spacial score (nSPS) is 10.3. The zero-order chi connectivity index (χ0) is 13.0. The molecule has 6 heteroatoms. The molecular formula is C12H13ClN4O. The van der Waals surface area contributed by atoms with Crippen molar-refractivity contribution in [1.82, 2.24) is 15.0 Å². The van der Waals surface area contributed by atoms with E-state index < -0.39 is 0 Å². The first kappa shape index (κ1) is 12.6. The van der Waals surface area contributed by atoms with Gasteiger partial charge in [-0.1, -0.05) is 16.8 Å². The van der Waals surface area contributed by atoms with E-state index in [4.69, 9.17) is 11.6 Å². The number of benzene rings is 1. The van der Waals surface area contributed by atoms with Crippen LogP contribution in [0.4, 0.5) is 5.69 Å². The molecule has 0 unspecified atom stereocenters. The molecule has 1 aromatic heterocycles. The fraction of sp³-hybridized carbons (Fsp3) is 0.250. The van der Waals surface area contributed by atoms with Crippen molar-refractivity contribution in [1.29, 1.82) is 0 Å². The summed E-state index contributed by atoms with van der Waals surface area (Å²) in [5.41, 5.74) is 1.72. The Labute approximate surface area is 110 Å². The zero-order valence-corrected chi connectivity index (χ0v) is 10.7. The smallest absolute Gasteiger partial charge is 0.226 e. The Morgan fingerprint density at radius 3 is 3.00 bits per heavy atom.